The highest BCUT2D eigenvalue weighted by molar-refractivity contribution is 5.93. The van der Waals surface area contributed by atoms with Crippen LogP contribution >= 0.6 is 0 Å². The van der Waals surface area contributed by atoms with E-state index in [0.717, 1.165) is 25.5 Å². The maximum Gasteiger partial charge on any atom is 0.377 e. The number of benzene rings is 1. The molecule has 1 rings (SSSR count). The Labute approximate surface area is 155 Å². The quantitative estimate of drug-likeness (QED) is 0.239. The highest BCUT2D eigenvalue weighted by Crippen LogP contribution is 2.22. The molecule has 6 nitrogen and oxygen atoms in total. The Morgan fingerprint density at radius 2 is 1.69 bits per heavy atom. The molecule has 0 saturated heterocycles. The monoisotopic (exact) mass is 364 g/mol. The van der Waals surface area contributed by atoms with Gasteiger partial charge in [-0.1, -0.05) is 51.2 Å². The van der Waals surface area contributed by atoms with Crippen molar-refractivity contribution in [2.45, 2.75) is 45.4 Å². The van der Waals surface area contributed by atoms with Crippen LogP contribution in [0.4, 0.5) is 0 Å². The number of methoxy groups -OCH3 is 2. The number of hydrogen-bond acceptors (Lipinski definition) is 6. The van der Waals surface area contributed by atoms with Gasteiger partial charge in [-0.2, -0.15) is 0 Å². The molecular formula is C20H28O6. The summed E-state index contributed by atoms with van der Waals surface area (Å²) in [5.74, 6) is -1.15. The predicted molar refractivity (Wildman–Crippen MR) is 97.8 cm³/mol. The second-order valence-electron chi connectivity index (χ2n) is 5.71. The molecule has 0 aliphatic rings. The molecule has 1 aromatic carbocycles. The molecule has 0 aromatic heterocycles. The maximum atomic E-state index is 12.3. The minimum Gasteiger partial charge on any atom is -0.500 e. The lowest BCUT2D eigenvalue weighted by Crippen LogP contribution is -2.14. The van der Waals surface area contributed by atoms with Crippen LogP contribution in [0.2, 0.25) is 0 Å². The second kappa shape index (κ2) is 12.8. The van der Waals surface area contributed by atoms with Crippen molar-refractivity contribution in [3.63, 3.8) is 0 Å². The van der Waals surface area contributed by atoms with E-state index in [1.54, 1.807) is 24.3 Å². The van der Waals surface area contributed by atoms with Gasteiger partial charge >= 0.3 is 11.9 Å². The molecule has 0 amide bonds. The number of unbranched alkanes of at least 4 members (excludes halogenated alkanes) is 5. The minimum atomic E-state index is -0.706. The van der Waals surface area contributed by atoms with Crippen LogP contribution in [0.25, 0.3) is 0 Å². The van der Waals surface area contributed by atoms with Gasteiger partial charge in [0.15, 0.2) is 0 Å². The van der Waals surface area contributed by atoms with Crippen molar-refractivity contribution in [3.8, 4) is 5.75 Å². The van der Waals surface area contributed by atoms with Crippen molar-refractivity contribution in [1.29, 1.82) is 0 Å². The second-order valence-corrected chi connectivity index (χ2v) is 5.71. The summed E-state index contributed by atoms with van der Waals surface area (Å²) in [4.78, 5) is 24.0. The maximum absolute atomic E-state index is 12.3. The molecule has 0 unspecified atom stereocenters. The average molecular weight is 364 g/mol. The first kappa shape index (κ1) is 21.5. The van der Waals surface area contributed by atoms with E-state index >= 15 is 0 Å². The smallest absolute Gasteiger partial charge is 0.377 e. The van der Waals surface area contributed by atoms with Gasteiger partial charge in [0, 0.05) is 0 Å². The molecule has 0 radical (unpaired) electrons. The zero-order valence-electron chi connectivity index (χ0n) is 15.8. The normalized spacial score (nSPS) is 11.0. The molecule has 0 heterocycles. The molecule has 0 aliphatic heterocycles. The molecule has 0 N–H and O–H groups in total. The van der Waals surface area contributed by atoms with E-state index in [-0.39, 0.29) is 17.1 Å². The lowest BCUT2D eigenvalue weighted by Gasteiger charge is -2.12. The SMILES string of the molecule is CCCCCCCCOC(=O)c1ccccc1O/C(=C/OC)C(=O)OC. The molecule has 144 valence electrons. The molecule has 0 fully saturated rings. The summed E-state index contributed by atoms with van der Waals surface area (Å²) >= 11 is 0. The van der Waals surface area contributed by atoms with Gasteiger partial charge in [-0.05, 0) is 18.6 Å². The van der Waals surface area contributed by atoms with Gasteiger partial charge < -0.3 is 18.9 Å². The number of rotatable bonds is 12. The fourth-order valence-corrected chi connectivity index (χ4v) is 2.29. The van der Waals surface area contributed by atoms with Gasteiger partial charge in [-0.25, -0.2) is 9.59 Å². The van der Waals surface area contributed by atoms with E-state index in [0.29, 0.717) is 6.61 Å². The van der Waals surface area contributed by atoms with Crippen LogP contribution < -0.4 is 4.74 Å². The summed E-state index contributed by atoms with van der Waals surface area (Å²) in [6, 6.07) is 6.56. The van der Waals surface area contributed by atoms with Gasteiger partial charge in [0.25, 0.3) is 0 Å². The standard InChI is InChI=1S/C20H28O6/c1-4-5-6-7-8-11-14-25-19(21)16-12-9-10-13-17(16)26-18(15-23-2)20(22)24-3/h9-10,12-13,15H,4-8,11,14H2,1-3H3/b18-15+. The number of esters is 2. The molecular weight excluding hydrogens is 336 g/mol. The van der Waals surface area contributed by atoms with Crippen LogP contribution in [0.15, 0.2) is 36.3 Å². The Balaban J connectivity index is 2.63. The van der Waals surface area contributed by atoms with Crippen molar-refractivity contribution in [1.82, 2.24) is 0 Å². The predicted octanol–water partition coefficient (Wildman–Crippen LogP) is 4.24. The molecule has 26 heavy (non-hydrogen) atoms. The van der Waals surface area contributed by atoms with Crippen molar-refractivity contribution in [3.05, 3.63) is 41.9 Å². The zero-order valence-corrected chi connectivity index (χ0v) is 15.8. The number of carbonyl (C=O) groups is 2. The molecule has 0 aliphatic carbocycles. The number of hydrogen-bond donors (Lipinski definition) is 0. The summed E-state index contributed by atoms with van der Waals surface area (Å²) in [6.45, 7) is 2.53. The highest BCUT2D eigenvalue weighted by atomic mass is 16.6. The Morgan fingerprint density at radius 1 is 1.00 bits per heavy atom. The first-order valence-corrected chi connectivity index (χ1v) is 8.89. The molecule has 0 atom stereocenters. The first-order chi connectivity index (χ1) is 12.6. The molecule has 6 heteroatoms. The topological polar surface area (TPSA) is 71.1 Å². The van der Waals surface area contributed by atoms with Gasteiger partial charge in [0.05, 0.1) is 20.8 Å². The minimum absolute atomic E-state index is 0.161. The largest absolute Gasteiger partial charge is 0.500 e. The third kappa shape index (κ3) is 7.59. The van der Waals surface area contributed by atoms with Crippen molar-refractivity contribution in [2.75, 3.05) is 20.8 Å². The Kier molecular flexibility index (Phi) is 10.6. The summed E-state index contributed by atoms with van der Waals surface area (Å²) in [5, 5.41) is 0. The summed E-state index contributed by atoms with van der Waals surface area (Å²) in [5.41, 5.74) is 0.240. The van der Waals surface area contributed by atoms with E-state index in [4.69, 9.17) is 14.2 Å². The Hall–Kier alpha value is -2.50. The lowest BCUT2D eigenvalue weighted by molar-refractivity contribution is -0.138. The van der Waals surface area contributed by atoms with E-state index in [2.05, 4.69) is 11.7 Å². The molecule has 0 saturated carbocycles. The number of carbonyl (C=O) groups excluding carboxylic acids is 2. The third-order valence-corrected chi connectivity index (χ3v) is 3.67. The Bertz CT molecular complexity index is 594. The molecule has 1 aromatic rings. The van der Waals surface area contributed by atoms with E-state index < -0.39 is 11.9 Å². The summed E-state index contributed by atoms with van der Waals surface area (Å²) in [7, 11) is 2.61. The van der Waals surface area contributed by atoms with Gasteiger partial charge in [-0.3, -0.25) is 0 Å². The van der Waals surface area contributed by atoms with Crippen LogP contribution in [-0.2, 0) is 19.0 Å². The van der Waals surface area contributed by atoms with Crippen molar-refractivity contribution < 1.29 is 28.5 Å². The average Bonchev–Trinajstić information content (AvgIpc) is 2.66. The highest BCUT2D eigenvalue weighted by Gasteiger charge is 2.19. The van der Waals surface area contributed by atoms with E-state index in [1.807, 2.05) is 0 Å². The van der Waals surface area contributed by atoms with Crippen LogP contribution in [0.1, 0.15) is 55.8 Å². The van der Waals surface area contributed by atoms with Gasteiger partial charge in [0.1, 0.15) is 17.6 Å². The van der Waals surface area contributed by atoms with Crippen molar-refractivity contribution in [2.24, 2.45) is 0 Å². The fourth-order valence-electron chi connectivity index (χ4n) is 2.29. The van der Waals surface area contributed by atoms with Crippen LogP contribution in [-0.4, -0.2) is 32.8 Å². The van der Waals surface area contributed by atoms with E-state index in [1.165, 1.54) is 33.5 Å². The van der Waals surface area contributed by atoms with Crippen molar-refractivity contribution >= 4 is 11.9 Å². The van der Waals surface area contributed by atoms with E-state index in [9.17, 15) is 9.59 Å². The lowest BCUT2D eigenvalue weighted by atomic mass is 10.1. The Morgan fingerprint density at radius 3 is 2.38 bits per heavy atom. The summed E-state index contributed by atoms with van der Waals surface area (Å²) < 4.78 is 20.3. The van der Waals surface area contributed by atoms with Gasteiger partial charge in [0.2, 0.25) is 5.76 Å². The fraction of sp³-hybridized carbons (Fsp3) is 0.500. The zero-order chi connectivity index (χ0) is 19.2. The first-order valence-electron chi connectivity index (χ1n) is 8.89. The van der Waals surface area contributed by atoms with Crippen LogP contribution in [0.3, 0.4) is 0 Å². The molecule has 0 spiro atoms. The van der Waals surface area contributed by atoms with Gasteiger partial charge in [-0.15, -0.1) is 0 Å². The third-order valence-electron chi connectivity index (χ3n) is 3.67. The number of para-hydroxylation sites is 1. The summed E-state index contributed by atoms with van der Waals surface area (Å²) in [6.07, 6.45) is 7.78. The van der Waals surface area contributed by atoms with Crippen LogP contribution in [0, 0.1) is 0 Å². The van der Waals surface area contributed by atoms with Crippen LogP contribution in [0.5, 0.6) is 5.75 Å². The number of ether oxygens (including phenoxy) is 4. The molecule has 0 bridgehead atoms.